The highest BCUT2D eigenvalue weighted by molar-refractivity contribution is 5.91. The topological polar surface area (TPSA) is 134 Å². The SMILES string of the molecule is CCc1c2c(nc3ccc(OC(=O)C4CCC(N5CCCCC5)CC4)cc13)-c1cc3c(c(=O)n1C2)COC(=O)[C@@]3(CC)OC(=O)CCC(=O)C(C)C. The molecule has 5 heterocycles. The number of ether oxygens (including phenoxy) is 3. The third-order valence-electron chi connectivity index (χ3n) is 11.8. The molecule has 0 unspecified atom stereocenters. The van der Waals surface area contributed by atoms with Crippen LogP contribution >= 0.6 is 0 Å². The first-order valence-corrected chi connectivity index (χ1v) is 19.1. The van der Waals surface area contributed by atoms with E-state index in [1.807, 2.05) is 19.1 Å². The molecule has 2 fully saturated rings. The number of Topliss-reactive ketones (excluding diaryl/α,β-unsaturated/α-hetero) is 1. The molecule has 52 heavy (non-hydrogen) atoms. The quantitative estimate of drug-likeness (QED) is 0.139. The van der Waals surface area contributed by atoms with Gasteiger partial charge in [0.25, 0.3) is 5.56 Å². The summed E-state index contributed by atoms with van der Waals surface area (Å²) in [6.45, 7) is 9.65. The van der Waals surface area contributed by atoms with Crippen LogP contribution in [-0.2, 0) is 53.8 Å². The summed E-state index contributed by atoms with van der Waals surface area (Å²) in [5.74, 6) is -1.57. The van der Waals surface area contributed by atoms with E-state index >= 15 is 0 Å². The van der Waals surface area contributed by atoms with E-state index in [4.69, 9.17) is 19.2 Å². The molecule has 0 amide bonds. The van der Waals surface area contributed by atoms with Crippen molar-refractivity contribution in [2.75, 3.05) is 13.1 Å². The van der Waals surface area contributed by atoms with E-state index in [1.165, 1.54) is 32.4 Å². The molecule has 0 N–H and O–H groups in total. The third-order valence-corrected chi connectivity index (χ3v) is 11.8. The normalized spacial score (nSPS) is 22.8. The molecule has 1 saturated heterocycles. The zero-order valence-corrected chi connectivity index (χ0v) is 30.8. The summed E-state index contributed by atoms with van der Waals surface area (Å²) < 4.78 is 19.0. The fourth-order valence-corrected chi connectivity index (χ4v) is 8.68. The number of ketones is 1. The Labute approximate surface area is 304 Å². The minimum Gasteiger partial charge on any atom is -0.457 e. The Morgan fingerprint density at radius 1 is 0.981 bits per heavy atom. The average Bonchev–Trinajstić information content (AvgIpc) is 3.52. The monoisotopic (exact) mass is 711 g/mol. The van der Waals surface area contributed by atoms with E-state index in [-0.39, 0.29) is 67.1 Å². The van der Waals surface area contributed by atoms with E-state index in [9.17, 15) is 24.0 Å². The summed E-state index contributed by atoms with van der Waals surface area (Å²) in [6, 6.07) is 7.81. The second-order valence-corrected chi connectivity index (χ2v) is 15.1. The number of carbonyl (C=O) groups is 4. The number of carbonyl (C=O) groups excluding carboxylic acids is 4. The number of benzene rings is 1. The molecule has 1 aromatic carbocycles. The van der Waals surface area contributed by atoms with Gasteiger partial charge in [-0.25, -0.2) is 9.78 Å². The van der Waals surface area contributed by atoms with Crippen molar-refractivity contribution in [3.63, 3.8) is 0 Å². The number of esters is 3. The molecule has 1 atom stereocenters. The molecular weight excluding hydrogens is 662 g/mol. The third kappa shape index (κ3) is 6.46. The van der Waals surface area contributed by atoms with Gasteiger partial charge in [-0.1, -0.05) is 34.1 Å². The summed E-state index contributed by atoms with van der Waals surface area (Å²) in [7, 11) is 0. The van der Waals surface area contributed by atoms with Crippen molar-refractivity contribution in [2.24, 2.45) is 11.8 Å². The number of piperidine rings is 1. The van der Waals surface area contributed by atoms with Crippen molar-refractivity contribution < 1.29 is 33.4 Å². The van der Waals surface area contributed by atoms with Gasteiger partial charge in [-0.2, -0.15) is 0 Å². The number of pyridine rings is 2. The van der Waals surface area contributed by atoms with Crippen LogP contribution in [0, 0.1) is 11.8 Å². The van der Waals surface area contributed by atoms with Gasteiger partial charge < -0.3 is 23.7 Å². The molecule has 2 aromatic heterocycles. The van der Waals surface area contributed by atoms with Gasteiger partial charge in [-0.15, -0.1) is 0 Å². The second-order valence-electron chi connectivity index (χ2n) is 15.1. The number of aromatic nitrogens is 2. The molecule has 11 heteroatoms. The van der Waals surface area contributed by atoms with Crippen LogP contribution in [0.4, 0.5) is 0 Å². The Hall–Kier alpha value is -4.38. The van der Waals surface area contributed by atoms with Crippen molar-refractivity contribution >= 4 is 34.6 Å². The highest BCUT2D eigenvalue weighted by Crippen LogP contribution is 2.43. The Morgan fingerprint density at radius 2 is 1.73 bits per heavy atom. The van der Waals surface area contributed by atoms with E-state index < -0.39 is 17.5 Å². The second kappa shape index (κ2) is 14.6. The Morgan fingerprint density at radius 3 is 2.42 bits per heavy atom. The number of aryl methyl sites for hydroxylation is 1. The number of hydrogen-bond donors (Lipinski definition) is 0. The highest BCUT2D eigenvalue weighted by atomic mass is 16.6. The summed E-state index contributed by atoms with van der Waals surface area (Å²) in [5.41, 5.74) is 2.12. The average molecular weight is 712 g/mol. The van der Waals surface area contributed by atoms with Gasteiger partial charge in [0.15, 0.2) is 0 Å². The van der Waals surface area contributed by atoms with Crippen molar-refractivity contribution in [1.82, 2.24) is 14.5 Å². The molecule has 0 spiro atoms. The first-order valence-electron chi connectivity index (χ1n) is 19.1. The van der Waals surface area contributed by atoms with Gasteiger partial charge in [0.2, 0.25) is 5.60 Å². The molecular formula is C41H49N3O8. The molecule has 4 aliphatic rings. The summed E-state index contributed by atoms with van der Waals surface area (Å²) in [4.78, 5) is 73.7. The fraction of sp³-hybridized carbons (Fsp3) is 0.561. The van der Waals surface area contributed by atoms with Crippen LogP contribution in [0.3, 0.4) is 0 Å². The standard InChI is InChI=1S/C41H49N3O8/c1-5-28-29-20-27(51-39(48)25-10-12-26(13-11-25)43-18-8-7-9-19-43)14-15-33(29)42-37-30(28)22-44-34(37)21-32-31(38(44)47)23-50-40(49)41(32,6-2)52-36(46)17-16-35(45)24(3)4/h14-15,20-21,24-26H,5-13,16-19,22-23H2,1-4H3/t25?,26?,41-/m0/s1. The molecule has 11 nitrogen and oxygen atoms in total. The van der Waals surface area contributed by atoms with Crippen LogP contribution < -0.4 is 10.3 Å². The first-order chi connectivity index (χ1) is 25.0. The first kappa shape index (κ1) is 36.0. The van der Waals surface area contributed by atoms with Crippen molar-refractivity contribution in [2.45, 2.75) is 123 Å². The largest absolute Gasteiger partial charge is 0.457 e. The van der Waals surface area contributed by atoms with Crippen molar-refractivity contribution in [1.29, 1.82) is 0 Å². The molecule has 0 radical (unpaired) electrons. The lowest BCUT2D eigenvalue weighted by molar-refractivity contribution is -0.189. The lowest BCUT2D eigenvalue weighted by atomic mass is 9.84. The van der Waals surface area contributed by atoms with E-state index in [0.717, 1.165) is 42.2 Å². The zero-order valence-electron chi connectivity index (χ0n) is 30.8. The highest BCUT2D eigenvalue weighted by Gasteiger charge is 2.50. The Bertz CT molecular complexity index is 1990. The number of hydrogen-bond acceptors (Lipinski definition) is 10. The molecule has 1 saturated carbocycles. The lowest BCUT2D eigenvalue weighted by Gasteiger charge is -2.38. The maximum absolute atomic E-state index is 14.1. The number of cyclic esters (lactones) is 1. The van der Waals surface area contributed by atoms with Crippen LogP contribution in [0.2, 0.25) is 0 Å². The summed E-state index contributed by atoms with van der Waals surface area (Å²) in [5, 5.41) is 0.859. The molecule has 1 aliphatic carbocycles. The Balaban J connectivity index is 1.16. The maximum atomic E-state index is 14.1. The zero-order chi connectivity index (χ0) is 36.7. The smallest absolute Gasteiger partial charge is 0.355 e. The van der Waals surface area contributed by atoms with E-state index in [1.54, 1.807) is 37.5 Å². The van der Waals surface area contributed by atoms with Crippen LogP contribution in [0.15, 0.2) is 29.1 Å². The van der Waals surface area contributed by atoms with Gasteiger partial charge in [0, 0.05) is 34.9 Å². The van der Waals surface area contributed by atoms with Crippen LogP contribution in [-0.4, -0.2) is 57.3 Å². The summed E-state index contributed by atoms with van der Waals surface area (Å²) >= 11 is 0. The molecule has 3 aromatic rings. The van der Waals surface area contributed by atoms with Crippen molar-refractivity contribution in [3.8, 4) is 17.1 Å². The lowest BCUT2D eigenvalue weighted by Crippen LogP contribution is -2.47. The fourth-order valence-electron chi connectivity index (χ4n) is 8.68. The molecule has 0 bridgehead atoms. The molecule has 7 rings (SSSR count). The van der Waals surface area contributed by atoms with Gasteiger partial charge in [-0.05, 0) is 94.3 Å². The predicted octanol–water partition coefficient (Wildman–Crippen LogP) is 6.15. The minimum atomic E-state index is -1.82. The van der Waals surface area contributed by atoms with Crippen LogP contribution in [0.1, 0.15) is 114 Å². The number of rotatable bonds is 10. The molecule has 276 valence electrons. The maximum Gasteiger partial charge on any atom is 0.355 e. The number of likely N-dealkylation sites (tertiary alicyclic amines) is 1. The van der Waals surface area contributed by atoms with Crippen LogP contribution in [0.5, 0.6) is 5.75 Å². The van der Waals surface area contributed by atoms with Crippen LogP contribution in [0.25, 0.3) is 22.3 Å². The summed E-state index contributed by atoms with van der Waals surface area (Å²) in [6.07, 6.45) is 8.09. The minimum absolute atomic E-state index is 0.00399. The van der Waals surface area contributed by atoms with Gasteiger partial charge in [0.05, 0.1) is 41.4 Å². The number of fused-ring (bicyclic) bond motifs is 5. The predicted molar refractivity (Wildman–Crippen MR) is 194 cm³/mol. The van der Waals surface area contributed by atoms with E-state index in [0.29, 0.717) is 40.7 Å². The number of nitrogens with zero attached hydrogens (tertiary/aromatic N) is 3. The van der Waals surface area contributed by atoms with Gasteiger partial charge in [-0.3, -0.25) is 19.2 Å². The van der Waals surface area contributed by atoms with Gasteiger partial charge in [0.1, 0.15) is 18.1 Å². The molecule has 3 aliphatic heterocycles. The Kier molecular flexibility index (Phi) is 10.1. The van der Waals surface area contributed by atoms with Gasteiger partial charge >= 0.3 is 17.9 Å². The van der Waals surface area contributed by atoms with E-state index in [2.05, 4.69) is 4.90 Å². The van der Waals surface area contributed by atoms with Crippen molar-refractivity contribution in [3.05, 3.63) is 56.9 Å².